The molecular weight excluding hydrogens is 403 g/mol. The zero-order chi connectivity index (χ0) is 15.6. The SMILES string of the molecule is C1=CCCC=C=CCCC=1.Cc1ccc(S(=O)(=O)O)cc1.O.[Rh]. The molecule has 0 heterocycles. The molecule has 129 valence electrons. The Hall–Kier alpha value is -1.25. The second-order valence-electron chi connectivity index (χ2n) is 4.59. The molecule has 0 fully saturated rings. The fraction of sp³-hybridized carbons (Fsp3) is 0.294. The number of hydrogen-bond donors (Lipinski definition) is 1. The molecule has 2 rings (SSSR count). The summed E-state index contributed by atoms with van der Waals surface area (Å²) < 4.78 is 29.6. The fourth-order valence-corrected chi connectivity index (χ4v) is 2.02. The predicted octanol–water partition coefficient (Wildman–Crippen LogP) is 3.40. The van der Waals surface area contributed by atoms with Crippen LogP contribution in [-0.4, -0.2) is 18.4 Å². The van der Waals surface area contributed by atoms with E-state index in [4.69, 9.17) is 4.55 Å². The molecule has 1 radical (unpaired) electrons. The quantitative estimate of drug-likeness (QED) is 0.425. The zero-order valence-electron chi connectivity index (χ0n) is 13.0. The third-order valence-electron chi connectivity index (χ3n) is 2.70. The summed E-state index contributed by atoms with van der Waals surface area (Å²) in [6.07, 6.45) is 12.7. The average Bonchev–Trinajstić information content (AvgIpc) is 2.45. The summed E-state index contributed by atoms with van der Waals surface area (Å²) >= 11 is 0. The largest absolute Gasteiger partial charge is 0.412 e. The molecule has 0 aliphatic heterocycles. The maximum atomic E-state index is 10.5. The van der Waals surface area contributed by atoms with Crippen LogP contribution < -0.4 is 0 Å². The van der Waals surface area contributed by atoms with Crippen LogP contribution in [0.25, 0.3) is 0 Å². The van der Waals surface area contributed by atoms with E-state index in [-0.39, 0.29) is 29.8 Å². The van der Waals surface area contributed by atoms with Crippen LogP contribution in [0, 0.1) is 6.92 Å². The molecule has 0 saturated heterocycles. The Bertz CT molecular complexity index is 623. The molecule has 0 spiro atoms. The molecule has 1 aliphatic carbocycles. The van der Waals surface area contributed by atoms with Crippen molar-refractivity contribution < 1.29 is 37.9 Å². The first kappa shape index (κ1) is 24.0. The molecule has 0 saturated carbocycles. The number of aryl methyl sites for hydroxylation is 1. The van der Waals surface area contributed by atoms with Gasteiger partial charge in [-0.25, -0.2) is 0 Å². The number of rotatable bonds is 1. The topological polar surface area (TPSA) is 85.9 Å². The van der Waals surface area contributed by atoms with Crippen molar-refractivity contribution in [2.45, 2.75) is 37.5 Å². The standard InChI is InChI=1S/C10H12.C7H8O3S.H2O.Rh/c1-2-4-6-8-10-9-7-5-3-1;1-6-2-4-7(5-3-6)11(8,9)10;;/h1,5-6,10H,2,4,7,9H2;2-5H,1H3,(H,8,9,10);1H2;. The van der Waals surface area contributed by atoms with E-state index in [0.29, 0.717) is 0 Å². The number of allylic oxidation sites excluding steroid dienone is 2. The monoisotopic (exact) mass is 425 g/mol. The van der Waals surface area contributed by atoms with Gasteiger partial charge in [-0.1, -0.05) is 17.7 Å². The Kier molecular flexibility index (Phi) is 13.8. The van der Waals surface area contributed by atoms with E-state index in [1.54, 1.807) is 12.1 Å². The van der Waals surface area contributed by atoms with Gasteiger partial charge in [0.1, 0.15) is 0 Å². The molecule has 0 aromatic heterocycles. The Morgan fingerprint density at radius 2 is 1.22 bits per heavy atom. The van der Waals surface area contributed by atoms with Gasteiger partial charge in [-0.05, 0) is 69.0 Å². The van der Waals surface area contributed by atoms with Crippen LogP contribution in [0.4, 0.5) is 0 Å². The van der Waals surface area contributed by atoms with E-state index in [1.807, 2.05) is 6.92 Å². The van der Waals surface area contributed by atoms with Gasteiger partial charge in [-0.3, -0.25) is 4.55 Å². The molecule has 0 atom stereocenters. The van der Waals surface area contributed by atoms with Crippen molar-refractivity contribution in [2.75, 3.05) is 0 Å². The van der Waals surface area contributed by atoms with Gasteiger partial charge < -0.3 is 5.48 Å². The average molecular weight is 425 g/mol. The minimum Gasteiger partial charge on any atom is -0.412 e. The van der Waals surface area contributed by atoms with Crippen molar-refractivity contribution in [3.05, 3.63) is 65.6 Å². The molecule has 0 unspecified atom stereocenters. The second-order valence-corrected chi connectivity index (χ2v) is 6.01. The number of hydrogen-bond acceptors (Lipinski definition) is 2. The van der Waals surface area contributed by atoms with Crippen LogP contribution >= 0.6 is 0 Å². The Balaban J connectivity index is 0. The molecule has 0 amide bonds. The summed E-state index contributed by atoms with van der Waals surface area (Å²) in [5.74, 6) is 0. The molecular formula is C17H22O4RhS. The van der Waals surface area contributed by atoms with Gasteiger partial charge in [-0.2, -0.15) is 8.42 Å². The molecule has 6 heteroatoms. The summed E-state index contributed by atoms with van der Waals surface area (Å²) in [5, 5.41) is 0. The molecule has 23 heavy (non-hydrogen) atoms. The van der Waals surface area contributed by atoms with Crippen LogP contribution in [0.5, 0.6) is 0 Å². The molecule has 1 aromatic carbocycles. The Morgan fingerprint density at radius 1 is 0.870 bits per heavy atom. The minimum atomic E-state index is -4.02. The van der Waals surface area contributed by atoms with Crippen molar-refractivity contribution >= 4 is 10.1 Å². The van der Waals surface area contributed by atoms with Crippen LogP contribution in [0.2, 0.25) is 0 Å². The summed E-state index contributed by atoms with van der Waals surface area (Å²) in [6.45, 7) is 1.84. The van der Waals surface area contributed by atoms with Crippen molar-refractivity contribution in [2.24, 2.45) is 0 Å². The second kappa shape index (κ2) is 13.2. The first-order valence-electron chi connectivity index (χ1n) is 6.83. The predicted molar refractivity (Wildman–Crippen MR) is 88.4 cm³/mol. The molecule has 4 nitrogen and oxygen atoms in total. The smallest absolute Gasteiger partial charge is 0.294 e. The normalized spacial score (nSPS) is 13.1. The van der Waals surface area contributed by atoms with Gasteiger partial charge >= 0.3 is 0 Å². The summed E-state index contributed by atoms with van der Waals surface area (Å²) in [4.78, 5) is -0.0666. The van der Waals surface area contributed by atoms with E-state index < -0.39 is 10.1 Å². The van der Waals surface area contributed by atoms with Crippen LogP contribution in [0.15, 0.2) is 64.9 Å². The first-order chi connectivity index (χ1) is 10.00. The number of benzene rings is 1. The summed E-state index contributed by atoms with van der Waals surface area (Å²) in [7, 11) is -4.02. The molecule has 3 N–H and O–H groups in total. The minimum absolute atomic E-state index is 0. The molecule has 1 aliphatic rings. The van der Waals surface area contributed by atoms with Gasteiger partial charge in [0.25, 0.3) is 10.1 Å². The van der Waals surface area contributed by atoms with E-state index in [9.17, 15) is 8.42 Å². The third kappa shape index (κ3) is 11.9. The van der Waals surface area contributed by atoms with Crippen molar-refractivity contribution in [3.8, 4) is 0 Å². The fourth-order valence-electron chi connectivity index (χ4n) is 1.54. The van der Waals surface area contributed by atoms with E-state index in [0.717, 1.165) is 31.2 Å². The maximum absolute atomic E-state index is 10.5. The summed E-state index contributed by atoms with van der Waals surface area (Å²) in [5.41, 5.74) is 7.23. The third-order valence-corrected chi connectivity index (χ3v) is 3.57. The van der Waals surface area contributed by atoms with Gasteiger partial charge in [0.2, 0.25) is 0 Å². The maximum Gasteiger partial charge on any atom is 0.294 e. The van der Waals surface area contributed by atoms with E-state index in [1.165, 1.54) is 12.1 Å². The van der Waals surface area contributed by atoms with Crippen LogP contribution in [0.3, 0.4) is 0 Å². The van der Waals surface area contributed by atoms with Gasteiger partial charge in [0, 0.05) is 19.5 Å². The van der Waals surface area contributed by atoms with Crippen molar-refractivity contribution in [1.29, 1.82) is 0 Å². The zero-order valence-corrected chi connectivity index (χ0v) is 15.4. The van der Waals surface area contributed by atoms with Crippen LogP contribution in [-0.2, 0) is 29.6 Å². The summed E-state index contributed by atoms with van der Waals surface area (Å²) in [6, 6.07) is 5.99. The van der Waals surface area contributed by atoms with Crippen LogP contribution in [0.1, 0.15) is 31.2 Å². The van der Waals surface area contributed by atoms with E-state index in [2.05, 4.69) is 35.8 Å². The molecule has 1 aromatic rings. The Morgan fingerprint density at radius 3 is 1.52 bits per heavy atom. The van der Waals surface area contributed by atoms with Gasteiger partial charge in [0.15, 0.2) is 0 Å². The first-order valence-corrected chi connectivity index (χ1v) is 8.27. The Labute approximate surface area is 151 Å². The van der Waals surface area contributed by atoms with Gasteiger partial charge in [-0.15, -0.1) is 11.5 Å². The van der Waals surface area contributed by atoms with Crippen molar-refractivity contribution in [1.82, 2.24) is 0 Å². The van der Waals surface area contributed by atoms with E-state index >= 15 is 0 Å². The molecule has 0 bridgehead atoms. The van der Waals surface area contributed by atoms with Gasteiger partial charge in [0.05, 0.1) is 4.90 Å². The van der Waals surface area contributed by atoms with Crippen molar-refractivity contribution in [3.63, 3.8) is 0 Å².